The normalized spacial score (nSPS) is 19.0. The molecular weight excluding hydrogens is 152 g/mol. The molecule has 1 fully saturated rings. The van der Waals surface area contributed by atoms with Crippen LogP contribution in [0.2, 0.25) is 0 Å². The monoisotopic (exact) mass is 166 g/mol. The van der Waals surface area contributed by atoms with Crippen LogP contribution in [0, 0.1) is 17.2 Å². The molecule has 0 heterocycles. The van der Waals surface area contributed by atoms with Gasteiger partial charge in [-0.3, -0.25) is 4.79 Å². The summed E-state index contributed by atoms with van der Waals surface area (Å²) in [5.41, 5.74) is 0. The van der Waals surface area contributed by atoms with Gasteiger partial charge in [-0.2, -0.15) is 5.26 Å². The van der Waals surface area contributed by atoms with E-state index in [9.17, 15) is 4.79 Å². The van der Waals surface area contributed by atoms with E-state index >= 15 is 0 Å². The van der Waals surface area contributed by atoms with Crippen molar-refractivity contribution in [3.63, 3.8) is 0 Å². The molecule has 3 nitrogen and oxygen atoms in total. The van der Waals surface area contributed by atoms with Crippen molar-refractivity contribution in [2.45, 2.75) is 38.6 Å². The van der Waals surface area contributed by atoms with Crippen molar-refractivity contribution in [2.24, 2.45) is 5.92 Å². The van der Waals surface area contributed by atoms with Crippen LogP contribution in [0.5, 0.6) is 0 Å². The third-order valence-electron chi connectivity index (χ3n) is 2.36. The summed E-state index contributed by atoms with van der Waals surface area (Å²) in [5, 5.41) is 11.3. The van der Waals surface area contributed by atoms with E-state index in [-0.39, 0.29) is 17.9 Å². The number of hydrogen-bond acceptors (Lipinski definition) is 2. The van der Waals surface area contributed by atoms with Crippen LogP contribution in [0.25, 0.3) is 0 Å². The molecule has 0 bridgehead atoms. The summed E-state index contributed by atoms with van der Waals surface area (Å²) >= 11 is 0. The van der Waals surface area contributed by atoms with Gasteiger partial charge in [-0.05, 0) is 19.3 Å². The number of rotatable bonds is 3. The average Bonchev–Trinajstić information content (AvgIpc) is 1.96. The zero-order valence-electron chi connectivity index (χ0n) is 7.34. The standard InChI is InChI=1S/C9H14N2O/c1-2-8(6-10)11-9(12)7-4-3-5-7/h7-8H,2-5H2,1H3,(H,11,12)/t8-/m1/s1. The molecule has 3 heteroatoms. The number of nitriles is 1. The first-order valence-corrected chi connectivity index (χ1v) is 4.48. The Morgan fingerprint density at radius 1 is 1.75 bits per heavy atom. The Labute approximate surface area is 72.8 Å². The van der Waals surface area contributed by atoms with Crippen LogP contribution in [-0.2, 0) is 4.79 Å². The zero-order valence-corrected chi connectivity index (χ0v) is 7.34. The topological polar surface area (TPSA) is 52.9 Å². The molecule has 1 rings (SSSR count). The zero-order chi connectivity index (χ0) is 8.97. The molecular formula is C9H14N2O. The Kier molecular flexibility index (Phi) is 3.09. The van der Waals surface area contributed by atoms with Crippen LogP contribution in [0.3, 0.4) is 0 Å². The SMILES string of the molecule is CC[C@H](C#N)NC(=O)C1CCC1. The van der Waals surface area contributed by atoms with Crippen molar-refractivity contribution in [3.8, 4) is 6.07 Å². The lowest BCUT2D eigenvalue weighted by Gasteiger charge is -2.25. The molecule has 12 heavy (non-hydrogen) atoms. The summed E-state index contributed by atoms with van der Waals surface area (Å²) in [6.07, 6.45) is 3.83. The minimum atomic E-state index is -0.293. The van der Waals surface area contributed by atoms with Crippen LogP contribution in [-0.4, -0.2) is 11.9 Å². The lowest BCUT2D eigenvalue weighted by Crippen LogP contribution is -2.40. The van der Waals surface area contributed by atoms with Gasteiger partial charge < -0.3 is 5.32 Å². The summed E-state index contributed by atoms with van der Waals surface area (Å²) in [5.74, 6) is 0.252. The number of nitrogens with zero attached hydrogens (tertiary/aromatic N) is 1. The quantitative estimate of drug-likeness (QED) is 0.685. The van der Waals surface area contributed by atoms with Crippen LogP contribution in [0.1, 0.15) is 32.6 Å². The Morgan fingerprint density at radius 3 is 2.75 bits per heavy atom. The highest BCUT2D eigenvalue weighted by Gasteiger charge is 2.26. The van der Waals surface area contributed by atoms with Crippen molar-refractivity contribution in [1.29, 1.82) is 5.26 Å². The molecule has 0 aromatic heterocycles. The number of carbonyl (C=O) groups excluding carboxylic acids is 1. The van der Waals surface area contributed by atoms with E-state index in [1.54, 1.807) is 0 Å². The molecule has 0 radical (unpaired) electrons. The largest absolute Gasteiger partial charge is 0.340 e. The third kappa shape index (κ3) is 1.97. The van der Waals surface area contributed by atoms with Crippen molar-refractivity contribution in [2.75, 3.05) is 0 Å². The molecule has 0 aliphatic heterocycles. The van der Waals surface area contributed by atoms with Crippen LogP contribution < -0.4 is 5.32 Å². The fourth-order valence-electron chi connectivity index (χ4n) is 1.19. The van der Waals surface area contributed by atoms with Gasteiger partial charge in [0.05, 0.1) is 6.07 Å². The van der Waals surface area contributed by atoms with Gasteiger partial charge in [-0.15, -0.1) is 0 Å². The first-order valence-electron chi connectivity index (χ1n) is 4.48. The van der Waals surface area contributed by atoms with E-state index in [0.29, 0.717) is 6.42 Å². The van der Waals surface area contributed by atoms with Crippen LogP contribution in [0.4, 0.5) is 0 Å². The Balaban J connectivity index is 2.29. The van der Waals surface area contributed by atoms with Crippen LogP contribution in [0.15, 0.2) is 0 Å². The number of hydrogen-bond donors (Lipinski definition) is 1. The van der Waals surface area contributed by atoms with Gasteiger partial charge >= 0.3 is 0 Å². The number of carbonyl (C=O) groups is 1. The summed E-state index contributed by atoms with van der Waals surface area (Å²) in [7, 11) is 0. The van der Waals surface area contributed by atoms with E-state index in [0.717, 1.165) is 19.3 Å². The maximum atomic E-state index is 11.3. The van der Waals surface area contributed by atoms with Gasteiger partial charge in [0, 0.05) is 5.92 Å². The van der Waals surface area contributed by atoms with E-state index in [2.05, 4.69) is 11.4 Å². The maximum Gasteiger partial charge on any atom is 0.224 e. The molecule has 0 unspecified atom stereocenters. The second-order valence-corrected chi connectivity index (χ2v) is 3.23. The average molecular weight is 166 g/mol. The summed E-state index contributed by atoms with van der Waals surface area (Å²) in [6, 6.07) is 1.76. The Hall–Kier alpha value is -1.04. The third-order valence-corrected chi connectivity index (χ3v) is 2.36. The molecule has 1 aliphatic carbocycles. The molecule has 1 atom stereocenters. The summed E-state index contributed by atoms with van der Waals surface area (Å²) in [4.78, 5) is 11.3. The first-order chi connectivity index (χ1) is 5.77. The van der Waals surface area contributed by atoms with Gasteiger partial charge in [-0.1, -0.05) is 13.3 Å². The fourth-order valence-corrected chi connectivity index (χ4v) is 1.19. The highest BCUT2D eigenvalue weighted by Crippen LogP contribution is 2.26. The van der Waals surface area contributed by atoms with E-state index in [1.807, 2.05) is 6.92 Å². The van der Waals surface area contributed by atoms with E-state index in [4.69, 9.17) is 5.26 Å². The molecule has 1 aliphatic rings. The predicted octanol–water partition coefficient (Wildman–Crippen LogP) is 1.20. The predicted molar refractivity (Wildman–Crippen MR) is 45.2 cm³/mol. The summed E-state index contributed by atoms with van der Waals surface area (Å²) in [6.45, 7) is 1.90. The first kappa shape index (κ1) is 9.05. The molecule has 0 spiro atoms. The van der Waals surface area contributed by atoms with Crippen molar-refractivity contribution < 1.29 is 4.79 Å². The van der Waals surface area contributed by atoms with Crippen molar-refractivity contribution in [1.82, 2.24) is 5.32 Å². The highest BCUT2D eigenvalue weighted by molar-refractivity contribution is 5.79. The fraction of sp³-hybridized carbons (Fsp3) is 0.778. The second-order valence-electron chi connectivity index (χ2n) is 3.23. The van der Waals surface area contributed by atoms with Gasteiger partial charge in [0.15, 0.2) is 0 Å². The van der Waals surface area contributed by atoms with Gasteiger partial charge in [0.2, 0.25) is 5.91 Å². The lowest BCUT2D eigenvalue weighted by atomic mass is 9.84. The Morgan fingerprint density at radius 2 is 2.42 bits per heavy atom. The van der Waals surface area contributed by atoms with Gasteiger partial charge in [-0.25, -0.2) is 0 Å². The number of nitrogens with one attached hydrogen (secondary N) is 1. The highest BCUT2D eigenvalue weighted by atomic mass is 16.1. The number of amides is 1. The molecule has 1 N–H and O–H groups in total. The van der Waals surface area contributed by atoms with Crippen molar-refractivity contribution in [3.05, 3.63) is 0 Å². The van der Waals surface area contributed by atoms with Gasteiger partial charge in [0.25, 0.3) is 0 Å². The van der Waals surface area contributed by atoms with Crippen molar-refractivity contribution >= 4 is 5.91 Å². The summed E-state index contributed by atoms with van der Waals surface area (Å²) < 4.78 is 0. The molecule has 66 valence electrons. The molecule has 0 aromatic carbocycles. The molecule has 1 amide bonds. The smallest absolute Gasteiger partial charge is 0.224 e. The molecule has 0 saturated heterocycles. The Bertz CT molecular complexity index is 203. The van der Waals surface area contributed by atoms with E-state index < -0.39 is 0 Å². The minimum Gasteiger partial charge on any atom is -0.340 e. The maximum absolute atomic E-state index is 11.3. The molecule has 1 saturated carbocycles. The lowest BCUT2D eigenvalue weighted by molar-refractivity contribution is -0.127. The van der Waals surface area contributed by atoms with Gasteiger partial charge in [0.1, 0.15) is 6.04 Å². The van der Waals surface area contributed by atoms with E-state index in [1.165, 1.54) is 0 Å². The minimum absolute atomic E-state index is 0.0645. The van der Waals surface area contributed by atoms with Crippen LogP contribution >= 0.6 is 0 Å². The molecule has 0 aromatic rings. The second kappa shape index (κ2) is 4.10.